The normalized spacial score (nSPS) is 10.9. The van der Waals surface area contributed by atoms with Crippen LogP contribution < -0.4 is 0 Å². The summed E-state index contributed by atoms with van der Waals surface area (Å²) in [6.07, 6.45) is 2.72. The number of phenolic OH excluding ortho intramolecular Hbond substituents is 1. The first-order valence-electron chi connectivity index (χ1n) is 5.30. The van der Waals surface area contributed by atoms with E-state index in [2.05, 4.69) is 25.9 Å². The number of hydrogen-bond donors (Lipinski definition) is 1. The largest absolute Gasteiger partial charge is 0.506 e. The highest BCUT2D eigenvalue weighted by Gasteiger charge is 2.13. The van der Waals surface area contributed by atoms with Crippen molar-refractivity contribution >= 4 is 45.3 Å². The summed E-state index contributed by atoms with van der Waals surface area (Å²) >= 11 is 8.75. The number of nitro groups is 1. The molecule has 0 aliphatic carbocycles. The summed E-state index contributed by atoms with van der Waals surface area (Å²) in [4.78, 5) is 18.2. The Kier molecular flexibility index (Phi) is 4.31. The molecule has 8 heteroatoms. The number of hydrogen-bond acceptors (Lipinski definition) is 5. The van der Waals surface area contributed by atoms with Gasteiger partial charge in [-0.25, -0.2) is 9.98 Å². The Labute approximate surface area is 127 Å². The number of pyridine rings is 1. The summed E-state index contributed by atoms with van der Waals surface area (Å²) in [5.41, 5.74) is 0.0583. The lowest BCUT2D eigenvalue weighted by molar-refractivity contribution is -0.385. The molecule has 0 fully saturated rings. The number of phenols is 1. The fraction of sp³-hybridized carbons (Fsp3) is 0. The summed E-state index contributed by atoms with van der Waals surface area (Å²) < 4.78 is 0.220. The van der Waals surface area contributed by atoms with Crippen molar-refractivity contribution in [2.45, 2.75) is 0 Å². The third kappa shape index (κ3) is 3.31. The lowest BCUT2D eigenvalue weighted by Gasteiger charge is -2.01. The molecule has 102 valence electrons. The van der Waals surface area contributed by atoms with E-state index < -0.39 is 4.92 Å². The van der Waals surface area contributed by atoms with E-state index in [1.807, 2.05) is 0 Å². The van der Waals surface area contributed by atoms with Crippen molar-refractivity contribution < 1.29 is 10.0 Å². The van der Waals surface area contributed by atoms with E-state index in [0.29, 0.717) is 10.8 Å². The summed E-state index contributed by atoms with van der Waals surface area (Å²) in [6.45, 7) is 0. The quantitative estimate of drug-likeness (QED) is 0.514. The van der Waals surface area contributed by atoms with Crippen molar-refractivity contribution in [2.75, 3.05) is 0 Å². The smallest absolute Gasteiger partial charge is 0.271 e. The fourth-order valence-corrected chi connectivity index (χ4v) is 1.96. The van der Waals surface area contributed by atoms with E-state index >= 15 is 0 Å². The number of aliphatic imine (C=N–C) groups is 1. The van der Waals surface area contributed by atoms with Crippen LogP contribution in [0.25, 0.3) is 0 Å². The van der Waals surface area contributed by atoms with E-state index in [1.165, 1.54) is 24.5 Å². The summed E-state index contributed by atoms with van der Waals surface area (Å²) in [6, 6.07) is 5.64. The molecular formula is C12H7BrClN3O3. The molecule has 0 bridgehead atoms. The van der Waals surface area contributed by atoms with E-state index in [0.717, 1.165) is 0 Å². The van der Waals surface area contributed by atoms with E-state index in [9.17, 15) is 15.2 Å². The third-order valence-corrected chi connectivity index (χ3v) is 3.16. The van der Waals surface area contributed by atoms with Crippen LogP contribution in [-0.4, -0.2) is 21.2 Å². The second-order valence-corrected chi connectivity index (χ2v) is 5.01. The minimum absolute atomic E-state index is 0.131. The van der Waals surface area contributed by atoms with Gasteiger partial charge < -0.3 is 5.11 Å². The molecule has 0 aliphatic rings. The van der Waals surface area contributed by atoms with Crippen LogP contribution >= 0.6 is 27.5 Å². The predicted octanol–water partition coefficient (Wildman–Crippen LogP) is 3.86. The average molecular weight is 357 g/mol. The summed E-state index contributed by atoms with van der Waals surface area (Å²) in [7, 11) is 0. The van der Waals surface area contributed by atoms with Crippen LogP contribution in [0.4, 0.5) is 11.5 Å². The highest BCUT2D eigenvalue weighted by molar-refractivity contribution is 9.10. The van der Waals surface area contributed by atoms with Gasteiger partial charge in [-0.3, -0.25) is 10.1 Å². The molecule has 0 saturated carbocycles. The van der Waals surface area contributed by atoms with Gasteiger partial charge in [0.05, 0.1) is 14.4 Å². The maximum atomic E-state index is 10.8. The second-order valence-electron chi connectivity index (χ2n) is 3.72. The number of nitrogens with zero attached hydrogens (tertiary/aromatic N) is 3. The van der Waals surface area contributed by atoms with Gasteiger partial charge in [-0.05, 0) is 28.1 Å². The monoisotopic (exact) mass is 355 g/mol. The standard InChI is InChI=1S/C12H7BrClN3O3/c13-10-4-9(17(19)20)3-7(12(10)18)5-15-11-2-1-8(14)6-16-11/h1-6,18H. The highest BCUT2D eigenvalue weighted by atomic mass is 79.9. The Balaban J connectivity index is 2.37. The number of rotatable bonds is 3. The number of benzene rings is 1. The topological polar surface area (TPSA) is 88.6 Å². The van der Waals surface area contributed by atoms with E-state index in [-0.39, 0.29) is 21.5 Å². The first-order valence-corrected chi connectivity index (χ1v) is 6.47. The molecule has 2 aromatic rings. The van der Waals surface area contributed by atoms with Crippen LogP contribution in [0.15, 0.2) is 39.9 Å². The minimum Gasteiger partial charge on any atom is -0.506 e. The number of nitro benzene ring substituents is 1. The van der Waals surface area contributed by atoms with Crippen LogP contribution in [0, 0.1) is 10.1 Å². The predicted molar refractivity (Wildman–Crippen MR) is 79.0 cm³/mol. The molecule has 1 N–H and O–H groups in total. The second kappa shape index (κ2) is 5.98. The fourth-order valence-electron chi connectivity index (χ4n) is 1.39. The molecule has 1 aromatic carbocycles. The summed E-state index contributed by atoms with van der Waals surface area (Å²) in [5, 5.41) is 21.1. The maximum absolute atomic E-state index is 10.8. The Morgan fingerprint density at radius 2 is 2.20 bits per heavy atom. The molecule has 0 spiro atoms. The van der Waals surface area contributed by atoms with Crippen molar-refractivity contribution in [1.82, 2.24) is 4.98 Å². The lowest BCUT2D eigenvalue weighted by atomic mass is 10.2. The van der Waals surface area contributed by atoms with Gasteiger partial charge in [0, 0.05) is 30.1 Å². The zero-order valence-electron chi connectivity index (χ0n) is 9.83. The molecule has 0 radical (unpaired) electrons. The van der Waals surface area contributed by atoms with Crippen LogP contribution in [0.5, 0.6) is 5.75 Å². The van der Waals surface area contributed by atoms with Crippen molar-refractivity contribution in [1.29, 1.82) is 0 Å². The van der Waals surface area contributed by atoms with Crippen LogP contribution in [0.2, 0.25) is 5.02 Å². The molecule has 1 aromatic heterocycles. The molecule has 6 nitrogen and oxygen atoms in total. The number of aromatic nitrogens is 1. The van der Waals surface area contributed by atoms with Crippen molar-refractivity contribution in [3.8, 4) is 5.75 Å². The molecule has 20 heavy (non-hydrogen) atoms. The molecule has 0 aliphatic heterocycles. The Hall–Kier alpha value is -1.99. The molecule has 0 atom stereocenters. The first kappa shape index (κ1) is 14.4. The van der Waals surface area contributed by atoms with Crippen molar-refractivity contribution in [3.63, 3.8) is 0 Å². The SMILES string of the molecule is O=[N+]([O-])c1cc(Br)c(O)c(C=Nc2ccc(Cl)cn2)c1. The number of halogens is 2. The van der Waals surface area contributed by atoms with Crippen LogP contribution in [-0.2, 0) is 0 Å². The van der Waals surface area contributed by atoms with Crippen LogP contribution in [0.1, 0.15) is 5.56 Å². The number of non-ortho nitro benzene ring substituents is 1. The molecule has 1 heterocycles. The van der Waals surface area contributed by atoms with Gasteiger partial charge in [-0.2, -0.15) is 0 Å². The van der Waals surface area contributed by atoms with Gasteiger partial charge in [0.2, 0.25) is 0 Å². The maximum Gasteiger partial charge on any atom is 0.271 e. The van der Waals surface area contributed by atoms with Gasteiger partial charge in [0.1, 0.15) is 5.75 Å². The van der Waals surface area contributed by atoms with Gasteiger partial charge in [0.15, 0.2) is 5.82 Å². The first-order chi connectivity index (χ1) is 9.47. The van der Waals surface area contributed by atoms with E-state index in [1.54, 1.807) is 12.1 Å². The van der Waals surface area contributed by atoms with Gasteiger partial charge in [-0.1, -0.05) is 11.6 Å². The molecule has 0 amide bonds. The van der Waals surface area contributed by atoms with E-state index in [4.69, 9.17) is 11.6 Å². The Morgan fingerprint density at radius 1 is 1.45 bits per heavy atom. The Morgan fingerprint density at radius 3 is 2.80 bits per heavy atom. The zero-order valence-corrected chi connectivity index (χ0v) is 12.2. The summed E-state index contributed by atoms with van der Waals surface area (Å²) in [5.74, 6) is 0.241. The highest BCUT2D eigenvalue weighted by Crippen LogP contribution is 2.31. The average Bonchev–Trinajstić information content (AvgIpc) is 2.42. The van der Waals surface area contributed by atoms with Gasteiger partial charge >= 0.3 is 0 Å². The Bertz CT molecular complexity index is 689. The van der Waals surface area contributed by atoms with Crippen LogP contribution in [0.3, 0.4) is 0 Å². The van der Waals surface area contributed by atoms with Crippen molar-refractivity contribution in [2.24, 2.45) is 4.99 Å². The van der Waals surface area contributed by atoms with Gasteiger partial charge in [0.25, 0.3) is 5.69 Å². The molecule has 0 saturated heterocycles. The minimum atomic E-state index is -0.553. The molecular weight excluding hydrogens is 350 g/mol. The van der Waals surface area contributed by atoms with Crippen molar-refractivity contribution in [3.05, 3.63) is 55.6 Å². The lowest BCUT2D eigenvalue weighted by Crippen LogP contribution is -1.92. The van der Waals surface area contributed by atoms with Gasteiger partial charge in [-0.15, -0.1) is 0 Å². The molecule has 0 unspecified atom stereocenters. The zero-order chi connectivity index (χ0) is 14.7. The number of aromatic hydroxyl groups is 1. The molecule has 2 rings (SSSR count). The third-order valence-electron chi connectivity index (χ3n) is 2.34.